The molecule has 1 aromatic heterocycles. The van der Waals surface area contributed by atoms with Gasteiger partial charge < -0.3 is 9.47 Å². The van der Waals surface area contributed by atoms with Crippen LogP contribution in [0.15, 0.2) is 42.5 Å². The summed E-state index contributed by atoms with van der Waals surface area (Å²) in [6.07, 6.45) is 4.12. The van der Waals surface area contributed by atoms with Crippen molar-refractivity contribution in [3.63, 3.8) is 0 Å². The molecule has 1 aliphatic rings. The van der Waals surface area contributed by atoms with Crippen molar-refractivity contribution in [2.45, 2.75) is 45.6 Å². The third kappa shape index (κ3) is 4.82. The Morgan fingerprint density at radius 1 is 1.30 bits per heavy atom. The Labute approximate surface area is 181 Å². The molecule has 1 fully saturated rings. The SMILES string of the molecule is CCCCOc1cccc(C(=O)N(CC2CCCO2)c2nc3ccc(C)cc3s2)c1. The van der Waals surface area contributed by atoms with Crippen molar-refractivity contribution in [2.75, 3.05) is 24.7 Å². The van der Waals surface area contributed by atoms with Crippen molar-refractivity contribution in [2.24, 2.45) is 0 Å². The topological polar surface area (TPSA) is 51.7 Å². The van der Waals surface area contributed by atoms with Crippen molar-refractivity contribution in [1.29, 1.82) is 0 Å². The van der Waals surface area contributed by atoms with E-state index in [9.17, 15) is 4.79 Å². The number of anilines is 1. The lowest BCUT2D eigenvalue weighted by Crippen LogP contribution is -2.37. The van der Waals surface area contributed by atoms with Crippen molar-refractivity contribution < 1.29 is 14.3 Å². The van der Waals surface area contributed by atoms with Gasteiger partial charge in [0.15, 0.2) is 5.13 Å². The summed E-state index contributed by atoms with van der Waals surface area (Å²) in [6.45, 7) is 6.12. The maximum atomic E-state index is 13.5. The van der Waals surface area contributed by atoms with Crippen LogP contribution in [-0.4, -0.2) is 36.8 Å². The number of nitrogens with zero attached hydrogens (tertiary/aromatic N) is 2. The molecule has 30 heavy (non-hydrogen) atoms. The van der Waals surface area contributed by atoms with E-state index in [4.69, 9.17) is 14.5 Å². The fourth-order valence-corrected chi connectivity index (χ4v) is 4.66. The number of fused-ring (bicyclic) bond motifs is 1. The molecule has 0 bridgehead atoms. The second-order valence-electron chi connectivity index (χ2n) is 7.75. The number of aryl methyl sites for hydroxylation is 1. The number of rotatable bonds is 8. The molecule has 0 radical (unpaired) electrons. The van der Waals surface area contributed by atoms with Crippen molar-refractivity contribution in [3.05, 3.63) is 53.6 Å². The standard InChI is InChI=1S/C24H28N2O3S/c1-3-4-12-28-19-8-5-7-18(15-19)23(27)26(16-20-9-6-13-29-20)24-25-21-11-10-17(2)14-22(21)30-24/h5,7-8,10-11,14-15,20H,3-4,6,9,12-13,16H2,1-2H3. The van der Waals surface area contributed by atoms with Gasteiger partial charge in [-0.15, -0.1) is 0 Å². The first-order valence-electron chi connectivity index (χ1n) is 10.7. The Hall–Kier alpha value is -2.44. The van der Waals surface area contributed by atoms with Crippen LogP contribution >= 0.6 is 11.3 Å². The lowest BCUT2D eigenvalue weighted by molar-refractivity contribution is 0.0917. The first-order chi connectivity index (χ1) is 14.6. The van der Waals surface area contributed by atoms with E-state index in [0.717, 1.165) is 48.3 Å². The van der Waals surface area contributed by atoms with Crippen LogP contribution in [0.4, 0.5) is 5.13 Å². The van der Waals surface area contributed by atoms with E-state index >= 15 is 0 Å². The van der Waals surface area contributed by atoms with Crippen molar-refractivity contribution in [1.82, 2.24) is 4.98 Å². The van der Waals surface area contributed by atoms with Gasteiger partial charge in [-0.25, -0.2) is 4.98 Å². The van der Waals surface area contributed by atoms with E-state index < -0.39 is 0 Å². The first kappa shape index (κ1) is 20.8. The van der Waals surface area contributed by atoms with E-state index in [1.165, 1.54) is 5.56 Å². The Morgan fingerprint density at radius 3 is 3.00 bits per heavy atom. The minimum atomic E-state index is -0.0674. The van der Waals surface area contributed by atoms with Gasteiger partial charge in [-0.1, -0.05) is 36.8 Å². The molecule has 0 N–H and O–H groups in total. The molecule has 1 aliphatic heterocycles. The molecule has 0 aliphatic carbocycles. The third-order valence-corrected chi connectivity index (χ3v) is 6.31. The summed E-state index contributed by atoms with van der Waals surface area (Å²) in [5, 5.41) is 0.716. The molecule has 1 amide bonds. The highest BCUT2D eigenvalue weighted by molar-refractivity contribution is 7.22. The predicted molar refractivity (Wildman–Crippen MR) is 122 cm³/mol. The summed E-state index contributed by atoms with van der Waals surface area (Å²) in [5.41, 5.74) is 2.71. The van der Waals surface area contributed by atoms with E-state index in [-0.39, 0.29) is 12.0 Å². The normalized spacial score (nSPS) is 16.1. The highest BCUT2D eigenvalue weighted by Gasteiger charge is 2.27. The largest absolute Gasteiger partial charge is 0.494 e. The average Bonchev–Trinajstić information content (AvgIpc) is 3.41. The second kappa shape index (κ2) is 9.58. The molecule has 1 atom stereocenters. The Bertz CT molecular complexity index is 1010. The lowest BCUT2D eigenvalue weighted by atomic mass is 10.1. The van der Waals surface area contributed by atoms with Crippen LogP contribution in [-0.2, 0) is 4.74 Å². The van der Waals surface area contributed by atoms with Gasteiger partial charge in [-0.2, -0.15) is 0 Å². The summed E-state index contributed by atoms with van der Waals surface area (Å²) >= 11 is 1.55. The quantitative estimate of drug-likeness (QED) is 0.441. The van der Waals surface area contributed by atoms with Gasteiger partial charge >= 0.3 is 0 Å². The van der Waals surface area contributed by atoms with Gasteiger partial charge in [0, 0.05) is 12.2 Å². The average molecular weight is 425 g/mol. The molecule has 158 valence electrons. The molecular formula is C24H28N2O3S. The molecule has 2 aromatic carbocycles. The van der Waals surface area contributed by atoms with Crippen LogP contribution < -0.4 is 9.64 Å². The number of hydrogen-bond donors (Lipinski definition) is 0. The Kier molecular flexibility index (Phi) is 6.65. The van der Waals surface area contributed by atoms with Gasteiger partial charge in [-0.05, 0) is 62.1 Å². The summed E-state index contributed by atoms with van der Waals surface area (Å²) in [6, 6.07) is 13.6. The smallest absolute Gasteiger partial charge is 0.260 e. The molecule has 1 unspecified atom stereocenters. The van der Waals surface area contributed by atoms with Gasteiger partial charge in [0.25, 0.3) is 5.91 Å². The zero-order valence-electron chi connectivity index (χ0n) is 17.6. The summed E-state index contributed by atoms with van der Waals surface area (Å²) in [7, 11) is 0. The maximum absolute atomic E-state index is 13.5. The molecule has 6 heteroatoms. The van der Waals surface area contributed by atoms with Crippen LogP contribution in [0.5, 0.6) is 5.75 Å². The monoisotopic (exact) mass is 424 g/mol. The van der Waals surface area contributed by atoms with E-state index in [1.54, 1.807) is 16.2 Å². The molecule has 5 nitrogen and oxygen atoms in total. The fraction of sp³-hybridized carbons (Fsp3) is 0.417. The minimum Gasteiger partial charge on any atom is -0.494 e. The molecule has 4 rings (SSSR count). The zero-order chi connectivity index (χ0) is 20.9. The van der Waals surface area contributed by atoms with Gasteiger partial charge in [0.1, 0.15) is 5.75 Å². The lowest BCUT2D eigenvalue weighted by Gasteiger charge is -2.23. The summed E-state index contributed by atoms with van der Waals surface area (Å²) in [4.78, 5) is 20.1. The van der Waals surface area contributed by atoms with Crippen LogP contribution in [0.25, 0.3) is 10.2 Å². The Balaban J connectivity index is 1.63. The summed E-state index contributed by atoms with van der Waals surface area (Å²) in [5.74, 6) is 0.661. The van der Waals surface area contributed by atoms with E-state index in [0.29, 0.717) is 23.8 Å². The molecule has 3 aromatic rings. The van der Waals surface area contributed by atoms with Crippen molar-refractivity contribution in [3.8, 4) is 5.75 Å². The van der Waals surface area contributed by atoms with Crippen LogP contribution in [0.3, 0.4) is 0 Å². The molecular weight excluding hydrogens is 396 g/mol. The van der Waals surface area contributed by atoms with Crippen molar-refractivity contribution >= 4 is 32.6 Å². The number of thiazole rings is 1. The number of aromatic nitrogens is 1. The third-order valence-electron chi connectivity index (χ3n) is 5.27. The Morgan fingerprint density at radius 2 is 2.20 bits per heavy atom. The number of carbonyl (C=O) groups excluding carboxylic acids is 1. The fourth-order valence-electron chi connectivity index (χ4n) is 3.58. The highest BCUT2D eigenvalue weighted by atomic mass is 32.1. The van der Waals surface area contributed by atoms with Crippen LogP contribution in [0, 0.1) is 6.92 Å². The number of benzene rings is 2. The van der Waals surface area contributed by atoms with Crippen LogP contribution in [0.1, 0.15) is 48.5 Å². The number of unbranched alkanes of at least 4 members (excludes halogenated alkanes) is 1. The zero-order valence-corrected chi connectivity index (χ0v) is 18.4. The van der Waals surface area contributed by atoms with Crippen LogP contribution in [0.2, 0.25) is 0 Å². The van der Waals surface area contributed by atoms with E-state index in [2.05, 4.69) is 26.0 Å². The molecule has 0 spiro atoms. The molecule has 0 saturated carbocycles. The number of hydrogen-bond acceptors (Lipinski definition) is 5. The predicted octanol–water partition coefficient (Wildman–Crippen LogP) is 5.61. The summed E-state index contributed by atoms with van der Waals surface area (Å²) < 4.78 is 12.7. The molecule has 2 heterocycles. The maximum Gasteiger partial charge on any atom is 0.260 e. The van der Waals surface area contributed by atoms with Gasteiger partial charge in [0.05, 0.1) is 29.5 Å². The van der Waals surface area contributed by atoms with E-state index in [1.807, 2.05) is 30.3 Å². The van der Waals surface area contributed by atoms with Gasteiger partial charge in [0.2, 0.25) is 0 Å². The highest BCUT2D eigenvalue weighted by Crippen LogP contribution is 2.32. The minimum absolute atomic E-state index is 0.0479. The number of amides is 1. The molecule has 1 saturated heterocycles. The number of ether oxygens (including phenoxy) is 2. The van der Waals surface area contributed by atoms with Gasteiger partial charge in [-0.3, -0.25) is 9.69 Å². The first-order valence-corrected chi connectivity index (χ1v) is 11.5. The second-order valence-corrected chi connectivity index (χ2v) is 8.76. The number of carbonyl (C=O) groups is 1.